The number of phenolic OH excluding ortho intramolecular Hbond substituents is 1. The molecule has 0 saturated heterocycles. The van der Waals surface area contributed by atoms with Crippen molar-refractivity contribution in [2.75, 3.05) is 0 Å². The van der Waals surface area contributed by atoms with E-state index in [9.17, 15) is 9.90 Å². The molecule has 1 N–H and O–H groups in total. The van der Waals surface area contributed by atoms with Gasteiger partial charge in [0, 0.05) is 0 Å². The molecule has 2 heteroatoms. The van der Waals surface area contributed by atoms with Gasteiger partial charge in [-0.2, -0.15) is 0 Å². The minimum atomic E-state index is -0.00630. The molecule has 0 aliphatic heterocycles. The second-order valence-electron chi connectivity index (χ2n) is 3.24. The summed E-state index contributed by atoms with van der Waals surface area (Å²) >= 11 is 0. The molecule has 1 aromatic rings. The van der Waals surface area contributed by atoms with Crippen molar-refractivity contribution in [1.82, 2.24) is 0 Å². The maximum absolute atomic E-state index is 10.7. The van der Waals surface area contributed by atoms with Gasteiger partial charge in [-0.1, -0.05) is 36.9 Å². The van der Waals surface area contributed by atoms with Crippen LogP contribution in [0.2, 0.25) is 0 Å². The van der Waals surface area contributed by atoms with E-state index in [0.29, 0.717) is 6.29 Å². The number of aromatic hydroxyl groups is 1. The summed E-state index contributed by atoms with van der Waals surface area (Å²) in [5.41, 5.74) is 2.04. The fraction of sp³-hybridized carbons (Fsp3) is 0.0714. The molecule has 1 aromatic carbocycles. The van der Waals surface area contributed by atoms with Crippen molar-refractivity contribution in [2.24, 2.45) is 0 Å². The van der Waals surface area contributed by atoms with Crippen molar-refractivity contribution in [3.63, 3.8) is 0 Å². The molecule has 0 fully saturated rings. The normalized spacial score (nSPS) is 11.7. The van der Waals surface area contributed by atoms with Gasteiger partial charge in [0.15, 0.2) is 6.29 Å². The van der Waals surface area contributed by atoms with E-state index in [2.05, 4.69) is 6.58 Å². The number of hydrogen-bond donors (Lipinski definition) is 1. The first-order valence-corrected chi connectivity index (χ1v) is 4.97. The number of carbonyl (C=O) groups is 1. The highest BCUT2D eigenvalue weighted by atomic mass is 16.3. The third-order valence-electron chi connectivity index (χ3n) is 2.18. The highest BCUT2D eigenvalue weighted by molar-refractivity contribution is 5.84. The molecule has 0 unspecified atom stereocenters. The Morgan fingerprint density at radius 2 is 2.19 bits per heavy atom. The Labute approximate surface area is 95.2 Å². The molecule has 0 saturated carbocycles. The van der Waals surface area contributed by atoms with Gasteiger partial charge in [0.05, 0.1) is 5.56 Å². The number of hydrogen-bond acceptors (Lipinski definition) is 2. The van der Waals surface area contributed by atoms with Crippen LogP contribution in [0.4, 0.5) is 0 Å². The molecule has 0 aliphatic rings. The molecule has 82 valence electrons. The van der Waals surface area contributed by atoms with E-state index in [4.69, 9.17) is 0 Å². The van der Waals surface area contributed by atoms with Crippen LogP contribution in [0.15, 0.2) is 49.1 Å². The van der Waals surface area contributed by atoms with Gasteiger partial charge >= 0.3 is 0 Å². The van der Waals surface area contributed by atoms with Crippen molar-refractivity contribution in [1.29, 1.82) is 0 Å². The average Bonchev–Trinajstić information content (AvgIpc) is 2.32. The van der Waals surface area contributed by atoms with E-state index in [0.717, 1.165) is 11.1 Å². The van der Waals surface area contributed by atoms with E-state index < -0.39 is 0 Å². The van der Waals surface area contributed by atoms with Gasteiger partial charge in [-0.15, -0.1) is 0 Å². The SMILES string of the molecule is C=C/C(=C\C=C/C)c1ccc(O)c(C=O)c1. The van der Waals surface area contributed by atoms with E-state index in [1.165, 1.54) is 6.07 Å². The summed E-state index contributed by atoms with van der Waals surface area (Å²) in [6, 6.07) is 4.89. The highest BCUT2D eigenvalue weighted by Gasteiger charge is 2.03. The van der Waals surface area contributed by atoms with Crippen molar-refractivity contribution < 1.29 is 9.90 Å². The lowest BCUT2D eigenvalue weighted by Crippen LogP contribution is -1.86. The number of allylic oxidation sites excluding steroid dienone is 5. The van der Waals surface area contributed by atoms with E-state index in [1.54, 1.807) is 18.2 Å². The first-order valence-electron chi connectivity index (χ1n) is 4.97. The number of carbonyl (C=O) groups excluding carboxylic acids is 1. The fourth-order valence-electron chi connectivity index (χ4n) is 1.31. The van der Waals surface area contributed by atoms with Crippen LogP contribution in [0.5, 0.6) is 5.75 Å². The topological polar surface area (TPSA) is 37.3 Å². The molecular weight excluding hydrogens is 200 g/mol. The van der Waals surface area contributed by atoms with Crippen LogP contribution >= 0.6 is 0 Å². The molecule has 0 aromatic heterocycles. The van der Waals surface area contributed by atoms with Crippen molar-refractivity contribution in [3.8, 4) is 5.75 Å². The monoisotopic (exact) mass is 214 g/mol. The molecule has 0 amide bonds. The molecule has 2 nitrogen and oxygen atoms in total. The lowest BCUT2D eigenvalue weighted by atomic mass is 10.0. The van der Waals surface area contributed by atoms with Crippen LogP contribution in [0.25, 0.3) is 5.57 Å². The quantitative estimate of drug-likeness (QED) is 0.616. The smallest absolute Gasteiger partial charge is 0.153 e. The molecule has 0 heterocycles. The standard InChI is InChI=1S/C14H14O2/c1-3-5-6-11(4-2)12-7-8-14(16)13(9-12)10-15/h3-10,16H,2H2,1H3/b5-3-,11-6+. The van der Waals surface area contributed by atoms with Crippen LogP contribution in [0.1, 0.15) is 22.8 Å². The molecule has 16 heavy (non-hydrogen) atoms. The second kappa shape index (κ2) is 5.71. The first kappa shape index (κ1) is 12.0. The highest BCUT2D eigenvalue weighted by Crippen LogP contribution is 2.22. The van der Waals surface area contributed by atoms with E-state index in [1.807, 2.05) is 25.2 Å². The average molecular weight is 214 g/mol. The van der Waals surface area contributed by atoms with Crippen LogP contribution in [0, 0.1) is 0 Å². The van der Waals surface area contributed by atoms with E-state index in [-0.39, 0.29) is 11.3 Å². The lowest BCUT2D eigenvalue weighted by molar-refractivity contribution is 0.112. The Kier molecular flexibility index (Phi) is 4.28. The predicted molar refractivity (Wildman–Crippen MR) is 66.5 cm³/mol. The number of aldehydes is 1. The second-order valence-corrected chi connectivity index (χ2v) is 3.24. The van der Waals surface area contributed by atoms with Crippen molar-refractivity contribution in [3.05, 3.63) is 60.2 Å². The van der Waals surface area contributed by atoms with E-state index >= 15 is 0 Å². The van der Waals surface area contributed by atoms with Gasteiger partial charge in [-0.3, -0.25) is 4.79 Å². The van der Waals surface area contributed by atoms with Crippen molar-refractivity contribution in [2.45, 2.75) is 6.92 Å². The van der Waals surface area contributed by atoms with Gasteiger partial charge in [0.25, 0.3) is 0 Å². The zero-order valence-electron chi connectivity index (χ0n) is 9.18. The molecule has 0 radical (unpaired) electrons. The van der Waals surface area contributed by atoms with Crippen molar-refractivity contribution >= 4 is 11.9 Å². The Balaban J connectivity index is 3.21. The third-order valence-corrected chi connectivity index (χ3v) is 2.18. The maximum atomic E-state index is 10.7. The summed E-state index contributed by atoms with van der Waals surface area (Å²) in [4.78, 5) is 10.7. The van der Waals surface area contributed by atoms with Gasteiger partial charge in [-0.05, 0) is 30.2 Å². The zero-order chi connectivity index (χ0) is 12.0. The van der Waals surface area contributed by atoms with Crippen LogP contribution in [-0.4, -0.2) is 11.4 Å². The molecule has 0 atom stereocenters. The summed E-state index contributed by atoms with van der Waals surface area (Å²) in [5, 5.41) is 9.37. The molecule has 1 rings (SSSR count). The number of rotatable bonds is 4. The molecule has 0 spiro atoms. The number of phenols is 1. The summed E-state index contributed by atoms with van der Waals surface area (Å²) in [5.74, 6) is -0.00630. The molecular formula is C14H14O2. The molecule has 0 bridgehead atoms. The number of benzene rings is 1. The van der Waals surface area contributed by atoms with Gasteiger partial charge in [0.1, 0.15) is 5.75 Å². The maximum Gasteiger partial charge on any atom is 0.153 e. The Morgan fingerprint density at radius 1 is 1.44 bits per heavy atom. The fourth-order valence-corrected chi connectivity index (χ4v) is 1.31. The Morgan fingerprint density at radius 3 is 2.75 bits per heavy atom. The summed E-state index contributed by atoms with van der Waals surface area (Å²) in [6.07, 6.45) is 8.04. The lowest BCUT2D eigenvalue weighted by Gasteiger charge is -2.04. The van der Waals surface area contributed by atoms with Crippen LogP contribution < -0.4 is 0 Å². The largest absolute Gasteiger partial charge is 0.507 e. The van der Waals surface area contributed by atoms with Gasteiger partial charge < -0.3 is 5.11 Å². The summed E-state index contributed by atoms with van der Waals surface area (Å²) in [6.45, 7) is 5.64. The minimum absolute atomic E-state index is 0.00630. The van der Waals surface area contributed by atoms with Crippen LogP contribution in [-0.2, 0) is 0 Å². The summed E-state index contributed by atoms with van der Waals surface area (Å²) in [7, 11) is 0. The van der Waals surface area contributed by atoms with Crippen LogP contribution in [0.3, 0.4) is 0 Å². The van der Waals surface area contributed by atoms with Gasteiger partial charge in [-0.25, -0.2) is 0 Å². The molecule has 0 aliphatic carbocycles. The summed E-state index contributed by atoms with van der Waals surface area (Å²) < 4.78 is 0. The first-order chi connectivity index (χ1) is 7.72. The Hall–Kier alpha value is -2.09. The predicted octanol–water partition coefficient (Wildman–Crippen LogP) is 3.35. The zero-order valence-corrected chi connectivity index (χ0v) is 9.18. The van der Waals surface area contributed by atoms with Gasteiger partial charge in [0.2, 0.25) is 0 Å². The minimum Gasteiger partial charge on any atom is -0.507 e. The Bertz CT molecular complexity index is 454. The third kappa shape index (κ3) is 2.70.